The molecule has 0 aromatic heterocycles. The molecule has 1 atom stereocenters. The first-order valence-electron chi connectivity index (χ1n) is 5.95. The molecule has 0 saturated heterocycles. The van der Waals surface area contributed by atoms with Gasteiger partial charge in [0.2, 0.25) is 0 Å². The van der Waals surface area contributed by atoms with Crippen LogP contribution in [-0.2, 0) is 23.4 Å². The molecule has 0 aliphatic rings. The van der Waals surface area contributed by atoms with E-state index < -0.39 is 46.4 Å². The van der Waals surface area contributed by atoms with Crippen molar-refractivity contribution in [2.45, 2.75) is 18.7 Å². The molecule has 1 unspecified atom stereocenters. The normalized spacial score (nSPS) is 15.0. The van der Waals surface area contributed by atoms with Gasteiger partial charge >= 0.3 is 17.7 Å². The first-order chi connectivity index (χ1) is 9.94. The van der Waals surface area contributed by atoms with Crippen LogP contribution in [0.3, 0.4) is 0 Å². The molecule has 0 amide bonds. The Hall–Kier alpha value is -0.930. The van der Waals surface area contributed by atoms with Crippen molar-refractivity contribution >= 4 is 17.7 Å². The second kappa shape index (κ2) is 7.10. The van der Waals surface area contributed by atoms with Crippen molar-refractivity contribution in [3.8, 4) is 0 Å². The highest BCUT2D eigenvalue weighted by atomic mass is 32.2. The monoisotopic (exact) mass is 362 g/mol. The Balaban J connectivity index is 2.92. The topological polar surface area (TPSA) is 89.9 Å². The minimum absolute atomic E-state index is 0.107. The van der Waals surface area contributed by atoms with Gasteiger partial charge < -0.3 is 9.42 Å². The molecule has 0 radical (unpaired) electrons. The van der Waals surface area contributed by atoms with Crippen molar-refractivity contribution in [2.24, 2.45) is 5.92 Å². The lowest BCUT2D eigenvalue weighted by atomic mass is 10.2. The summed E-state index contributed by atoms with van der Waals surface area (Å²) in [5.41, 5.74) is 0. The van der Waals surface area contributed by atoms with E-state index in [-0.39, 0.29) is 24.7 Å². The third kappa shape index (κ3) is 5.36. The molecule has 0 aliphatic heterocycles. The van der Waals surface area contributed by atoms with Crippen LogP contribution >= 0.6 is 7.60 Å². The summed E-state index contributed by atoms with van der Waals surface area (Å²) in [6.07, 6.45) is -1.32. The number of halogens is 3. The number of hydrogen-bond donors (Lipinski definition) is 1. The molecule has 1 N–H and O–H groups in total. The smallest absolute Gasteiger partial charge is 0.323 e. The Bertz CT molecular complexity index is 668. The van der Waals surface area contributed by atoms with Gasteiger partial charge in [-0.2, -0.15) is 8.42 Å². The maximum absolute atomic E-state index is 13.4. The van der Waals surface area contributed by atoms with E-state index in [1.165, 1.54) is 0 Å². The van der Waals surface area contributed by atoms with Gasteiger partial charge in [-0.3, -0.25) is 8.75 Å². The Kier molecular flexibility index (Phi) is 6.17. The van der Waals surface area contributed by atoms with Crippen molar-refractivity contribution < 1.29 is 39.8 Å². The van der Waals surface area contributed by atoms with E-state index in [1.54, 1.807) is 13.8 Å². The molecule has 22 heavy (non-hydrogen) atoms. The zero-order chi connectivity index (χ0) is 17.1. The molecule has 11 heteroatoms. The minimum Gasteiger partial charge on any atom is -0.323 e. The fourth-order valence-electron chi connectivity index (χ4n) is 1.27. The third-order valence-corrected chi connectivity index (χ3v) is 4.69. The molecule has 6 nitrogen and oxygen atoms in total. The average Bonchev–Trinajstić information content (AvgIpc) is 2.33. The first-order valence-corrected chi connectivity index (χ1v) is 9.12. The third-order valence-electron chi connectivity index (χ3n) is 2.19. The van der Waals surface area contributed by atoms with E-state index in [9.17, 15) is 31.0 Å². The molecule has 126 valence electrons. The Morgan fingerprint density at radius 2 is 1.73 bits per heavy atom. The standard InChI is InChI=1S/C11H14F3O6PS/c1-7(2)5-19-21(15,16)6-20-22(17,18)11-9(13)3-8(12)4-10(11)14/h3-4,7H,5-6H2,1-2H3,(H,15,16). The summed E-state index contributed by atoms with van der Waals surface area (Å²) in [4.78, 5) is 7.81. The quantitative estimate of drug-likeness (QED) is 0.592. The lowest BCUT2D eigenvalue weighted by Gasteiger charge is -2.14. The van der Waals surface area contributed by atoms with E-state index in [2.05, 4.69) is 8.71 Å². The number of rotatable bonds is 7. The van der Waals surface area contributed by atoms with Crippen LogP contribution in [0.4, 0.5) is 13.2 Å². The summed E-state index contributed by atoms with van der Waals surface area (Å²) in [5.74, 6) is -4.85. The van der Waals surface area contributed by atoms with Gasteiger partial charge in [-0.05, 0) is 5.92 Å². The van der Waals surface area contributed by atoms with Crippen LogP contribution in [0.25, 0.3) is 0 Å². The van der Waals surface area contributed by atoms with Crippen molar-refractivity contribution in [3.63, 3.8) is 0 Å². The van der Waals surface area contributed by atoms with Gasteiger partial charge in [-0.25, -0.2) is 13.2 Å². The summed E-state index contributed by atoms with van der Waals surface area (Å²) in [7, 11) is -9.46. The molecular weight excluding hydrogens is 348 g/mol. The number of hydrogen-bond acceptors (Lipinski definition) is 5. The van der Waals surface area contributed by atoms with E-state index in [0.717, 1.165) is 0 Å². The predicted molar refractivity (Wildman–Crippen MR) is 70.1 cm³/mol. The average molecular weight is 362 g/mol. The van der Waals surface area contributed by atoms with E-state index in [0.29, 0.717) is 0 Å². The summed E-state index contributed by atoms with van der Waals surface area (Å²) < 4.78 is 83.0. The van der Waals surface area contributed by atoms with Crippen molar-refractivity contribution in [1.82, 2.24) is 0 Å². The van der Waals surface area contributed by atoms with Gasteiger partial charge in [0.1, 0.15) is 17.5 Å². The van der Waals surface area contributed by atoms with Crippen LogP contribution in [0.2, 0.25) is 0 Å². The van der Waals surface area contributed by atoms with Gasteiger partial charge in [0.05, 0.1) is 6.61 Å². The maximum atomic E-state index is 13.4. The zero-order valence-electron chi connectivity index (χ0n) is 11.6. The van der Waals surface area contributed by atoms with Gasteiger partial charge in [0.25, 0.3) is 0 Å². The molecule has 0 saturated carbocycles. The maximum Gasteiger partial charge on any atom is 0.355 e. The zero-order valence-corrected chi connectivity index (χ0v) is 13.3. The highest BCUT2D eigenvalue weighted by Gasteiger charge is 2.30. The molecule has 0 bridgehead atoms. The SMILES string of the molecule is CC(C)COP(=O)(O)COS(=O)(=O)c1c(F)cc(F)cc1F. The summed E-state index contributed by atoms with van der Waals surface area (Å²) >= 11 is 0. The fraction of sp³-hybridized carbons (Fsp3) is 0.455. The first kappa shape index (κ1) is 19.1. The largest absolute Gasteiger partial charge is 0.355 e. The second-order valence-electron chi connectivity index (χ2n) is 4.73. The van der Waals surface area contributed by atoms with E-state index in [1.807, 2.05) is 0 Å². The highest BCUT2D eigenvalue weighted by molar-refractivity contribution is 7.87. The summed E-state index contributed by atoms with van der Waals surface area (Å²) in [6, 6.07) is 0.292. The van der Waals surface area contributed by atoms with E-state index in [4.69, 9.17) is 0 Å². The second-order valence-corrected chi connectivity index (χ2v) is 8.07. The summed E-state index contributed by atoms with van der Waals surface area (Å²) in [5, 5.41) is 0. The van der Waals surface area contributed by atoms with E-state index >= 15 is 0 Å². The lowest BCUT2D eigenvalue weighted by Crippen LogP contribution is -2.13. The Labute approximate surface area is 125 Å². The molecule has 1 aromatic rings. The molecule has 1 aromatic carbocycles. The van der Waals surface area contributed by atoms with Crippen LogP contribution in [-0.4, -0.2) is 26.3 Å². The lowest BCUT2D eigenvalue weighted by molar-refractivity contribution is 0.209. The van der Waals surface area contributed by atoms with Crippen LogP contribution in [0.1, 0.15) is 13.8 Å². The van der Waals surface area contributed by atoms with Crippen molar-refractivity contribution in [2.75, 3.05) is 13.0 Å². The van der Waals surface area contributed by atoms with Crippen LogP contribution in [0.15, 0.2) is 17.0 Å². The number of benzene rings is 1. The van der Waals surface area contributed by atoms with Gasteiger partial charge in [0, 0.05) is 12.1 Å². The molecule has 1 rings (SSSR count). The molecule has 0 aliphatic carbocycles. The predicted octanol–water partition coefficient (Wildman–Crippen LogP) is 2.62. The van der Waals surface area contributed by atoms with Crippen LogP contribution in [0.5, 0.6) is 0 Å². The minimum atomic E-state index is -5.04. The van der Waals surface area contributed by atoms with Crippen molar-refractivity contribution in [3.05, 3.63) is 29.6 Å². The fourth-order valence-corrected chi connectivity index (χ4v) is 3.67. The molecular formula is C11H14F3O6PS. The summed E-state index contributed by atoms with van der Waals surface area (Å²) in [6.45, 7) is 3.22. The van der Waals surface area contributed by atoms with Gasteiger partial charge in [0.15, 0.2) is 11.2 Å². The van der Waals surface area contributed by atoms with Gasteiger partial charge in [-0.15, -0.1) is 0 Å². The molecule has 0 spiro atoms. The Morgan fingerprint density at radius 1 is 1.23 bits per heavy atom. The molecule has 0 heterocycles. The molecule has 0 fully saturated rings. The van der Waals surface area contributed by atoms with Gasteiger partial charge in [-0.1, -0.05) is 13.8 Å². The van der Waals surface area contributed by atoms with Crippen LogP contribution in [0, 0.1) is 23.4 Å². The Morgan fingerprint density at radius 3 is 2.18 bits per heavy atom. The highest BCUT2D eigenvalue weighted by Crippen LogP contribution is 2.43. The van der Waals surface area contributed by atoms with Crippen LogP contribution < -0.4 is 0 Å². The van der Waals surface area contributed by atoms with Crippen molar-refractivity contribution in [1.29, 1.82) is 0 Å².